The average molecular weight is 492 g/mol. The number of amides is 2. The Morgan fingerprint density at radius 2 is 1.66 bits per heavy atom. The molecule has 0 atom stereocenters. The van der Waals surface area contributed by atoms with Crippen LogP contribution in [0.2, 0.25) is 0 Å². The van der Waals surface area contributed by atoms with Gasteiger partial charge in [0.1, 0.15) is 12.4 Å². The van der Waals surface area contributed by atoms with Gasteiger partial charge in [-0.2, -0.15) is 0 Å². The Bertz CT molecular complexity index is 1230. The summed E-state index contributed by atoms with van der Waals surface area (Å²) in [5.41, 5.74) is 0.772. The maximum atomic E-state index is 12.9. The third kappa shape index (κ3) is 5.98. The minimum atomic E-state index is -0.317. The number of carbonyl (C=O) groups is 2. The highest BCUT2D eigenvalue weighted by Gasteiger charge is 2.34. The number of nitrogens with zero attached hydrogens (tertiary/aromatic N) is 1. The van der Waals surface area contributed by atoms with Crippen LogP contribution in [-0.2, 0) is 4.79 Å². The van der Waals surface area contributed by atoms with Crippen LogP contribution in [0.4, 0.5) is 4.79 Å². The maximum absolute atomic E-state index is 12.9. The van der Waals surface area contributed by atoms with Gasteiger partial charge in [-0.05, 0) is 60.3 Å². The van der Waals surface area contributed by atoms with Crippen LogP contribution in [0.25, 0.3) is 16.8 Å². The number of hydrogen-bond acceptors (Lipinski definition) is 6. The molecule has 0 unspecified atom stereocenters. The van der Waals surface area contributed by atoms with Gasteiger partial charge in [0.25, 0.3) is 11.1 Å². The molecule has 0 spiro atoms. The SMILES string of the molecule is CCCCOc1ccc(/C=C2\SC(=O)N(CCOc3cccc4ccccc34)C2=O)cc1OCC. The molecular formula is C28H29NO5S. The Morgan fingerprint density at radius 1 is 0.857 bits per heavy atom. The second-order valence-electron chi connectivity index (χ2n) is 8.00. The Kier molecular flexibility index (Phi) is 8.32. The van der Waals surface area contributed by atoms with E-state index in [0.717, 1.165) is 46.7 Å². The van der Waals surface area contributed by atoms with Crippen molar-refractivity contribution >= 4 is 39.8 Å². The molecule has 4 rings (SSSR count). The van der Waals surface area contributed by atoms with Crippen LogP contribution in [0, 0.1) is 0 Å². The first-order valence-electron chi connectivity index (χ1n) is 11.9. The van der Waals surface area contributed by atoms with Crippen LogP contribution in [0.1, 0.15) is 32.3 Å². The van der Waals surface area contributed by atoms with Crippen molar-refractivity contribution in [3.05, 3.63) is 71.1 Å². The van der Waals surface area contributed by atoms with Crippen molar-refractivity contribution in [1.29, 1.82) is 0 Å². The van der Waals surface area contributed by atoms with Gasteiger partial charge < -0.3 is 14.2 Å². The molecule has 1 aliphatic heterocycles. The first kappa shape index (κ1) is 24.7. The molecule has 0 N–H and O–H groups in total. The number of hydrogen-bond donors (Lipinski definition) is 0. The third-order valence-corrected chi connectivity index (χ3v) is 6.42. The van der Waals surface area contributed by atoms with Crippen molar-refractivity contribution in [2.75, 3.05) is 26.4 Å². The number of imide groups is 1. The van der Waals surface area contributed by atoms with Gasteiger partial charge in [-0.25, -0.2) is 0 Å². The fourth-order valence-electron chi connectivity index (χ4n) is 3.74. The lowest BCUT2D eigenvalue weighted by atomic mass is 10.1. The largest absolute Gasteiger partial charge is 0.491 e. The molecule has 6 nitrogen and oxygen atoms in total. The molecule has 35 heavy (non-hydrogen) atoms. The summed E-state index contributed by atoms with van der Waals surface area (Å²) < 4.78 is 17.5. The topological polar surface area (TPSA) is 65.1 Å². The van der Waals surface area contributed by atoms with Gasteiger partial charge in [0, 0.05) is 5.39 Å². The lowest BCUT2D eigenvalue weighted by molar-refractivity contribution is -0.123. The van der Waals surface area contributed by atoms with Crippen molar-refractivity contribution < 1.29 is 23.8 Å². The van der Waals surface area contributed by atoms with Gasteiger partial charge in [0.2, 0.25) is 0 Å². The summed E-state index contributed by atoms with van der Waals surface area (Å²) in [4.78, 5) is 27.1. The van der Waals surface area contributed by atoms with E-state index in [4.69, 9.17) is 14.2 Å². The number of fused-ring (bicyclic) bond motifs is 1. The molecule has 0 aliphatic carbocycles. The van der Waals surface area contributed by atoms with E-state index in [0.29, 0.717) is 29.6 Å². The molecule has 0 saturated carbocycles. The van der Waals surface area contributed by atoms with E-state index < -0.39 is 0 Å². The molecule has 0 aromatic heterocycles. The fourth-order valence-corrected chi connectivity index (χ4v) is 4.61. The van der Waals surface area contributed by atoms with E-state index in [-0.39, 0.29) is 24.3 Å². The van der Waals surface area contributed by atoms with Gasteiger partial charge >= 0.3 is 0 Å². The number of ether oxygens (including phenoxy) is 3. The molecule has 0 radical (unpaired) electrons. The van der Waals surface area contributed by atoms with Gasteiger partial charge in [-0.1, -0.05) is 55.8 Å². The first-order chi connectivity index (χ1) is 17.1. The Hall–Kier alpha value is -3.45. The molecule has 1 heterocycles. The molecule has 7 heteroatoms. The average Bonchev–Trinajstić information content (AvgIpc) is 3.13. The standard InChI is InChI=1S/C28H29NO5S/c1-3-5-16-33-24-14-13-20(18-25(24)32-4-2)19-26-27(30)29(28(31)35-26)15-17-34-23-12-8-10-21-9-6-7-11-22(21)23/h6-14,18-19H,3-5,15-17H2,1-2H3/b26-19-. The van der Waals surface area contributed by atoms with Crippen LogP contribution < -0.4 is 14.2 Å². The van der Waals surface area contributed by atoms with Gasteiger partial charge in [0.15, 0.2) is 11.5 Å². The van der Waals surface area contributed by atoms with Crippen LogP contribution >= 0.6 is 11.8 Å². The number of thioether (sulfide) groups is 1. The van der Waals surface area contributed by atoms with E-state index in [2.05, 4.69) is 6.92 Å². The molecule has 3 aromatic carbocycles. The molecule has 2 amide bonds. The van der Waals surface area contributed by atoms with Crippen LogP contribution in [0.5, 0.6) is 17.2 Å². The Morgan fingerprint density at radius 3 is 2.49 bits per heavy atom. The molecule has 3 aromatic rings. The molecule has 1 aliphatic rings. The second-order valence-corrected chi connectivity index (χ2v) is 8.99. The summed E-state index contributed by atoms with van der Waals surface area (Å²) in [6.07, 6.45) is 3.73. The lowest BCUT2D eigenvalue weighted by Crippen LogP contribution is -2.32. The molecule has 0 bridgehead atoms. The number of benzene rings is 3. The van der Waals surface area contributed by atoms with Crippen molar-refractivity contribution in [1.82, 2.24) is 4.90 Å². The zero-order valence-electron chi connectivity index (χ0n) is 20.0. The summed E-state index contributed by atoms with van der Waals surface area (Å²) in [6, 6.07) is 19.3. The van der Waals surface area contributed by atoms with Crippen LogP contribution in [0.3, 0.4) is 0 Å². The first-order valence-corrected chi connectivity index (χ1v) is 12.7. The highest BCUT2D eigenvalue weighted by molar-refractivity contribution is 8.18. The predicted octanol–water partition coefficient (Wildman–Crippen LogP) is 6.53. The normalized spacial score (nSPS) is 14.7. The van der Waals surface area contributed by atoms with Crippen molar-refractivity contribution in [3.8, 4) is 17.2 Å². The fraction of sp³-hybridized carbons (Fsp3) is 0.286. The predicted molar refractivity (Wildman–Crippen MR) is 140 cm³/mol. The summed E-state index contributed by atoms with van der Waals surface area (Å²) in [5.74, 6) is 1.72. The highest BCUT2D eigenvalue weighted by Crippen LogP contribution is 2.35. The summed E-state index contributed by atoms with van der Waals surface area (Å²) >= 11 is 0.937. The summed E-state index contributed by atoms with van der Waals surface area (Å²) in [6.45, 7) is 5.54. The van der Waals surface area contributed by atoms with Gasteiger partial charge in [0.05, 0.1) is 24.7 Å². The minimum absolute atomic E-state index is 0.180. The monoisotopic (exact) mass is 491 g/mol. The Balaban J connectivity index is 1.42. The minimum Gasteiger partial charge on any atom is -0.491 e. The van der Waals surface area contributed by atoms with Gasteiger partial charge in [-0.15, -0.1) is 0 Å². The van der Waals surface area contributed by atoms with Crippen molar-refractivity contribution in [2.24, 2.45) is 0 Å². The maximum Gasteiger partial charge on any atom is 0.293 e. The lowest BCUT2D eigenvalue weighted by Gasteiger charge is -2.14. The van der Waals surface area contributed by atoms with Gasteiger partial charge in [-0.3, -0.25) is 14.5 Å². The third-order valence-electron chi connectivity index (χ3n) is 5.52. The quantitative estimate of drug-likeness (QED) is 0.224. The van der Waals surface area contributed by atoms with E-state index in [1.165, 1.54) is 4.90 Å². The van der Waals surface area contributed by atoms with Crippen molar-refractivity contribution in [3.63, 3.8) is 0 Å². The summed E-state index contributed by atoms with van der Waals surface area (Å²) in [5, 5.41) is 1.77. The molecule has 1 saturated heterocycles. The van der Waals surface area contributed by atoms with Crippen LogP contribution in [0.15, 0.2) is 65.6 Å². The number of carbonyl (C=O) groups excluding carboxylic acids is 2. The van der Waals surface area contributed by atoms with E-state index in [1.54, 1.807) is 6.08 Å². The number of unbranched alkanes of at least 4 members (excludes halogenated alkanes) is 1. The zero-order chi connectivity index (χ0) is 24.6. The van der Waals surface area contributed by atoms with E-state index in [9.17, 15) is 9.59 Å². The van der Waals surface area contributed by atoms with Crippen molar-refractivity contribution in [2.45, 2.75) is 26.7 Å². The Labute approximate surface area is 209 Å². The molecular weight excluding hydrogens is 462 g/mol. The second kappa shape index (κ2) is 11.8. The molecule has 182 valence electrons. The number of rotatable bonds is 11. The zero-order valence-corrected chi connectivity index (χ0v) is 20.8. The van der Waals surface area contributed by atoms with Crippen LogP contribution in [-0.4, -0.2) is 42.4 Å². The smallest absolute Gasteiger partial charge is 0.293 e. The molecule has 1 fully saturated rings. The van der Waals surface area contributed by atoms with E-state index in [1.807, 2.05) is 67.6 Å². The van der Waals surface area contributed by atoms with E-state index >= 15 is 0 Å². The summed E-state index contributed by atoms with van der Waals surface area (Å²) in [7, 11) is 0. The highest BCUT2D eigenvalue weighted by atomic mass is 32.2.